The minimum absolute atomic E-state index is 0.133. The Balaban J connectivity index is 1.50. The molecule has 190 valence electrons. The number of nitrogens with zero attached hydrogens (tertiary/aromatic N) is 4. The molecule has 1 amide bonds. The number of fused-ring (bicyclic) bond motifs is 1. The van der Waals surface area contributed by atoms with Crippen LogP contribution in [0.1, 0.15) is 62.0 Å². The third-order valence-corrected chi connectivity index (χ3v) is 7.71. The van der Waals surface area contributed by atoms with Crippen molar-refractivity contribution in [2.24, 2.45) is 5.92 Å². The largest absolute Gasteiger partial charge is 0.494 e. The molecular weight excluding hydrogens is 448 g/mol. The second kappa shape index (κ2) is 10.9. The highest BCUT2D eigenvalue weighted by Gasteiger charge is 2.32. The third-order valence-electron chi connectivity index (χ3n) is 7.71. The number of ether oxygens (including phenoxy) is 1. The summed E-state index contributed by atoms with van der Waals surface area (Å²) in [4.78, 5) is 18.1. The van der Waals surface area contributed by atoms with Crippen LogP contribution >= 0.6 is 0 Å². The Morgan fingerprint density at radius 2 is 1.81 bits per heavy atom. The van der Waals surface area contributed by atoms with Gasteiger partial charge in [0.15, 0.2) is 0 Å². The van der Waals surface area contributed by atoms with Crippen LogP contribution in [0.15, 0.2) is 54.6 Å². The van der Waals surface area contributed by atoms with Crippen LogP contribution in [0, 0.1) is 5.92 Å². The lowest BCUT2D eigenvalue weighted by atomic mass is 10.0. The molecule has 6 heteroatoms. The lowest BCUT2D eigenvalue weighted by molar-refractivity contribution is -0.137. The Morgan fingerprint density at radius 1 is 1.08 bits per heavy atom. The number of carbonyl (C=O) groups is 1. The lowest BCUT2D eigenvalue weighted by Gasteiger charge is -2.31. The summed E-state index contributed by atoms with van der Waals surface area (Å²) in [6.45, 7) is 7.51. The average molecular weight is 487 g/mol. The minimum Gasteiger partial charge on any atom is -0.494 e. The number of hydrogen-bond acceptors (Lipinski definition) is 4. The predicted octanol–water partition coefficient (Wildman–Crippen LogP) is 5.37. The summed E-state index contributed by atoms with van der Waals surface area (Å²) in [6, 6.07) is 18.8. The van der Waals surface area contributed by atoms with Crippen molar-refractivity contribution in [1.82, 2.24) is 19.6 Å². The second-order valence-corrected chi connectivity index (χ2v) is 10.4. The second-order valence-electron chi connectivity index (χ2n) is 10.4. The smallest absolute Gasteiger partial charge is 0.226 e. The fourth-order valence-corrected chi connectivity index (χ4v) is 5.73. The first-order chi connectivity index (χ1) is 17.5. The topological polar surface area (TPSA) is 50.6 Å². The molecule has 5 rings (SSSR count). The van der Waals surface area contributed by atoms with E-state index in [2.05, 4.69) is 64.7 Å². The summed E-state index contributed by atoms with van der Waals surface area (Å²) in [7, 11) is 1.71. The van der Waals surface area contributed by atoms with Gasteiger partial charge in [0.05, 0.1) is 25.0 Å². The van der Waals surface area contributed by atoms with Crippen LogP contribution in [0.3, 0.4) is 0 Å². The SMILES string of the molecule is COc1ccccc1-n1nc(CN(C(=O)C2CCCC2)C(C)C)c2c1CCN(Cc1ccccc1)C2. The molecule has 2 aliphatic rings. The highest BCUT2D eigenvalue weighted by molar-refractivity contribution is 5.79. The summed E-state index contributed by atoms with van der Waals surface area (Å²) in [5.74, 6) is 1.26. The number of carbonyl (C=O) groups excluding carboxylic acids is 1. The van der Waals surface area contributed by atoms with Gasteiger partial charge in [0.1, 0.15) is 11.4 Å². The van der Waals surface area contributed by atoms with E-state index in [4.69, 9.17) is 9.84 Å². The fraction of sp³-hybridized carbons (Fsp3) is 0.467. The normalized spacial score (nSPS) is 16.3. The van der Waals surface area contributed by atoms with Crippen LogP contribution < -0.4 is 4.74 Å². The number of methoxy groups -OCH3 is 1. The Morgan fingerprint density at radius 3 is 2.53 bits per heavy atom. The van der Waals surface area contributed by atoms with E-state index in [1.54, 1.807) is 7.11 Å². The van der Waals surface area contributed by atoms with Crippen LogP contribution in [0.2, 0.25) is 0 Å². The number of aromatic nitrogens is 2. The molecule has 1 aliphatic carbocycles. The lowest BCUT2D eigenvalue weighted by Crippen LogP contribution is -2.40. The molecule has 1 aliphatic heterocycles. The Labute approximate surface area is 214 Å². The van der Waals surface area contributed by atoms with Gasteiger partial charge in [0.2, 0.25) is 5.91 Å². The van der Waals surface area contributed by atoms with E-state index >= 15 is 0 Å². The van der Waals surface area contributed by atoms with Gasteiger partial charge in [-0.05, 0) is 44.4 Å². The molecule has 0 N–H and O–H groups in total. The average Bonchev–Trinajstić information content (AvgIpc) is 3.56. The zero-order valence-corrected chi connectivity index (χ0v) is 21.8. The predicted molar refractivity (Wildman–Crippen MR) is 142 cm³/mol. The molecule has 0 unspecified atom stereocenters. The number of para-hydroxylation sites is 2. The molecule has 2 aromatic carbocycles. The molecule has 1 aromatic heterocycles. The number of benzene rings is 2. The van der Waals surface area contributed by atoms with E-state index in [1.165, 1.54) is 16.8 Å². The summed E-state index contributed by atoms with van der Waals surface area (Å²) in [5.41, 5.74) is 5.77. The maximum Gasteiger partial charge on any atom is 0.226 e. The van der Waals surface area contributed by atoms with E-state index in [-0.39, 0.29) is 12.0 Å². The molecule has 0 saturated heterocycles. The number of amides is 1. The molecule has 1 saturated carbocycles. The standard InChI is InChI=1S/C30H38N4O2/c1-22(2)33(30(35)24-13-7-8-14-24)21-26-25-20-32(19-23-11-5-4-6-12-23)18-17-27(25)34(31-26)28-15-9-10-16-29(28)36-3/h4-6,9-12,15-16,22,24H,7-8,13-14,17-21H2,1-3H3. The monoisotopic (exact) mass is 486 g/mol. The number of rotatable bonds is 8. The van der Waals surface area contributed by atoms with E-state index < -0.39 is 0 Å². The van der Waals surface area contributed by atoms with Gasteiger partial charge >= 0.3 is 0 Å². The van der Waals surface area contributed by atoms with Crippen LogP contribution in [-0.4, -0.2) is 45.2 Å². The Bertz CT molecular complexity index is 1180. The molecule has 1 fully saturated rings. The molecule has 3 aromatic rings. The summed E-state index contributed by atoms with van der Waals surface area (Å²) >= 11 is 0. The molecular formula is C30H38N4O2. The van der Waals surface area contributed by atoms with E-state index in [9.17, 15) is 4.79 Å². The van der Waals surface area contributed by atoms with Crippen molar-refractivity contribution >= 4 is 5.91 Å². The van der Waals surface area contributed by atoms with Crippen LogP contribution in [0.25, 0.3) is 5.69 Å². The van der Waals surface area contributed by atoms with Gasteiger partial charge in [-0.2, -0.15) is 5.10 Å². The van der Waals surface area contributed by atoms with Crippen LogP contribution in [0.5, 0.6) is 5.75 Å². The summed E-state index contributed by atoms with van der Waals surface area (Å²) in [6.07, 6.45) is 5.26. The van der Waals surface area contributed by atoms with E-state index in [0.29, 0.717) is 12.5 Å². The van der Waals surface area contributed by atoms with E-state index in [1.807, 2.05) is 18.2 Å². The molecule has 6 nitrogen and oxygen atoms in total. The van der Waals surface area contributed by atoms with Gasteiger partial charge in [0, 0.05) is 43.6 Å². The maximum absolute atomic E-state index is 13.5. The van der Waals surface area contributed by atoms with Crippen molar-refractivity contribution in [2.75, 3.05) is 13.7 Å². The Hall–Kier alpha value is -3.12. The van der Waals surface area contributed by atoms with Gasteiger partial charge in [0.25, 0.3) is 0 Å². The molecule has 0 spiro atoms. The molecule has 36 heavy (non-hydrogen) atoms. The van der Waals surface area contributed by atoms with Crippen LogP contribution in [-0.2, 0) is 30.8 Å². The maximum atomic E-state index is 13.5. The van der Waals surface area contributed by atoms with E-state index in [0.717, 1.165) is 68.9 Å². The number of hydrogen-bond donors (Lipinski definition) is 0. The fourth-order valence-electron chi connectivity index (χ4n) is 5.73. The van der Waals surface area contributed by atoms with Crippen molar-refractivity contribution in [3.63, 3.8) is 0 Å². The summed E-state index contributed by atoms with van der Waals surface area (Å²) < 4.78 is 7.76. The third kappa shape index (κ3) is 5.05. The van der Waals surface area contributed by atoms with Gasteiger partial charge in [-0.3, -0.25) is 9.69 Å². The van der Waals surface area contributed by atoms with Gasteiger partial charge < -0.3 is 9.64 Å². The van der Waals surface area contributed by atoms with Crippen molar-refractivity contribution in [2.45, 2.75) is 71.6 Å². The Kier molecular flexibility index (Phi) is 7.42. The van der Waals surface area contributed by atoms with Gasteiger partial charge in [-0.25, -0.2) is 4.68 Å². The van der Waals surface area contributed by atoms with Gasteiger partial charge in [-0.15, -0.1) is 0 Å². The zero-order chi connectivity index (χ0) is 25.1. The van der Waals surface area contributed by atoms with Crippen molar-refractivity contribution < 1.29 is 9.53 Å². The highest BCUT2D eigenvalue weighted by atomic mass is 16.5. The van der Waals surface area contributed by atoms with Crippen LogP contribution in [0.4, 0.5) is 0 Å². The van der Waals surface area contributed by atoms with Gasteiger partial charge in [-0.1, -0.05) is 55.3 Å². The van der Waals surface area contributed by atoms with Crippen molar-refractivity contribution in [3.8, 4) is 11.4 Å². The quantitative estimate of drug-likeness (QED) is 0.430. The molecule has 0 atom stereocenters. The first kappa shape index (κ1) is 24.6. The highest BCUT2D eigenvalue weighted by Crippen LogP contribution is 2.32. The first-order valence-electron chi connectivity index (χ1n) is 13.3. The minimum atomic E-state index is 0.133. The first-order valence-corrected chi connectivity index (χ1v) is 13.3. The summed E-state index contributed by atoms with van der Waals surface area (Å²) in [5, 5.41) is 5.16. The van der Waals surface area contributed by atoms with Crippen molar-refractivity contribution in [3.05, 3.63) is 77.1 Å². The zero-order valence-electron chi connectivity index (χ0n) is 21.8. The molecule has 2 heterocycles. The molecule has 0 radical (unpaired) electrons. The molecule has 0 bridgehead atoms. The van der Waals surface area contributed by atoms with Crippen molar-refractivity contribution in [1.29, 1.82) is 0 Å².